The fourth-order valence-corrected chi connectivity index (χ4v) is 2.09. The molecule has 0 aliphatic rings. The number of aromatic nitrogens is 2. The number of hydrogen-bond donors (Lipinski definition) is 2. The fourth-order valence-electron chi connectivity index (χ4n) is 2.09. The molecule has 0 fully saturated rings. The number of pyridine rings is 2. The van der Waals surface area contributed by atoms with E-state index in [4.69, 9.17) is 4.74 Å². The van der Waals surface area contributed by atoms with Crippen LogP contribution in [0.4, 0.5) is 5.69 Å². The highest BCUT2D eigenvalue weighted by Crippen LogP contribution is 2.20. The topological polar surface area (TPSA) is 67.0 Å². The van der Waals surface area contributed by atoms with Crippen molar-refractivity contribution in [2.75, 3.05) is 12.4 Å². The standard InChI is InChI=1S/C16H21N3O2/c1-9-6-13(16(21-5)19-12(9)4)8-17-14-7-10(2)11(3)18-15(14)20/h6-7,17H,8H2,1-5H3,(H,18,20). The van der Waals surface area contributed by atoms with Crippen LogP contribution >= 0.6 is 0 Å². The summed E-state index contributed by atoms with van der Waals surface area (Å²) in [5, 5.41) is 3.15. The Morgan fingerprint density at radius 1 is 1.19 bits per heavy atom. The zero-order valence-electron chi connectivity index (χ0n) is 13.1. The average molecular weight is 287 g/mol. The number of ether oxygens (including phenoxy) is 1. The molecule has 2 aromatic rings. The van der Waals surface area contributed by atoms with Gasteiger partial charge in [0.25, 0.3) is 5.56 Å². The van der Waals surface area contributed by atoms with E-state index in [1.807, 2.05) is 39.8 Å². The lowest BCUT2D eigenvalue weighted by Crippen LogP contribution is -2.16. The Kier molecular flexibility index (Phi) is 4.31. The van der Waals surface area contributed by atoms with Gasteiger partial charge in [-0.15, -0.1) is 0 Å². The molecule has 0 atom stereocenters. The van der Waals surface area contributed by atoms with Crippen LogP contribution in [-0.4, -0.2) is 17.1 Å². The highest BCUT2D eigenvalue weighted by atomic mass is 16.5. The molecule has 2 aromatic heterocycles. The van der Waals surface area contributed by atoms with E-state index in [2.05, 4.69) is 15.3 Å². The normalized spacial score (nSPS) is 10.5. The summed E-state index contributed by atoms with van der Waals surface area (Å²) >= 11 is 0. The van der Waals surface area contributed by atoms with Gasteiger partial charge < -0.3 is 15.0 Å². The van der Waals surface area contributed by atoms with Crippen molar-refractivity contribution >= 4 is 5.69 Å². The summed E-state index contributed by atoms with van der Waals surface area (Å²) < 4.78 is 5.31. The van der Waals surface area contributed by atoms with E-state index in [1.54, 1.807) is 7.11 Å². The average Bonchev–Trinajstić information content (AvgIpc) is 2.44. The van der Waals surface area contributed by atoms with Gasteiger partial charge in [0.05, 0.1) is 7.11 Å². The van der Waals surface area contributed by atoms with Crippen LogP contribution in [0.5, 0.6) is 5.88 Å². The molecule has 2 rings (SSSR count). The van der Waals surface area contributed by atoms with Crippen LogP contribution in [0.2, 0.25) is 0 Å². The summed E-state index contributed by atoms with van der Waals surface area (Å²) in [6.07, 6.45) is 0. The minimum Gasteiger partial charge on any atom is -0.481 e. The smallest absolute Gasteiger partial charge is 0.271 e. The van der Waals surface area contributed by atoms with Gasteiger partial charge >= 0.3 is 0 Å². The van der Waals surface area contributed by atoms with Crippen molar-refractivity contribution in [3.63, 3.8) is 0 Å². The predicted octanol–water partition coefficient (Wildman–Crippen LogP) is 2.62. The molecule has 0 saturated heterocycles. The Morgan fingerprint density at radius 2 is 1.90 bits per heavy atom. The monoisotopic (exact) mass is 287 g/mol. The van der Waals surface area contributed by atoms with Crippen molar-refractivity contribution < 1.29 is 4.74 Å². The number of hydrogen-bond acceptors (Lipinski definition) is 4. The minimum absolute atomic E-state index is 0.117. The summed E-state index contributed by atoms with van der Waals surface area (Å²) in [7, 11) is 1.60. The van der Waals surface area contributed by atoms with Gasteiger partial charge in [-0.05, 0) is 51.0 Å². The van der Waals surface area contributed by atoms with Crippen LogP contribution in [0.3, 0.4) is 0 Å². The third kappa shape index (κ3) is 3.24. The fraction of sp³-hybridized carbons (Fsp3) is 0.375. The Balaban J connectivity index is 2.26. The van der Waals surface area contributed by atoms with E-state index >= 15 is 0 Å². The lowest BCUT2D eigenvalue weighted by atomic mass is 10.1. The molecule has 5 nitrogen and oxygen atoms in total. The number of H-pyrrole nitrogens is 1. The molecule has 21 heavy (non-hydrogen) atoms. The lowest BCUT2D eigenvalue weighted by molar-refractivity contribution is 0.392. The highest BCUT2D eigenvalue weighted by molar-refractivity contribution is 5.46. The first-order chi connectivity index (χ1) is 9.92. The van der Waals surface area contributed by atoms with E-state index in [9.17, 15) is 4.79 Å². The number of nitrogens with zero attached hydrogens (tertiary/aromatic N) is 1. The van der Waals surface area contributed by atoms with E-state index in [1.165, 1.54) is 0 Å². The van der Waals surface area contributed by atoms with Crippen LogP contribution in [0.1, 0.15) is 28.1 Å². The molecule has 0 radical (unpaired) electrons. The molecule has 0 saturated carbocycles. The van der Waals surface area contributed by atoms with Gasteiger partial charge in [-0.3, -0.25) is 4.79 Å². The molecule has 2 N–H and O–H groups in total. The quantitative estimate of drug-likeness (QED) is 0.907. The summed E-state index contributed by atoms with van der Waals surface area (Å²) in [5.74, 6) is 0.589. The second-order valence-corrected chi connectivity index (χ2v) is 5.23. The molecule has 112 valence electrons. The maximum absolute atomic E-state index is 11.9. The van der Waals surface area contributed by atoms with Gasteiger partial charge in [0.15, 0.2) is 0 Å². The Bertz CT molecular complexity index is 720. The van der Waals surface area contributed by atoms with Crippen LogP contribution in [-0.2, 0) is 6.54 Å². The number of methoxy groups -OCH3 is 1. The van der Waals surface area contributed by atoms with Crippen molar-refractivity contribution in [2.24, 2.45) is 0 Å². The summed E-state index contributed by atoms with van der Waals surface area (Å²) in [4.78, 5) is 19.2. The number of nitrogens with one attached hydrogen (secondary N) is 2. The highest BCUT2D eigenvalue weighted by Gasteiger charge is 2.09. The van der Waals surface area contributed by atoms with Gasteiger partial charge in [0.1, 0.15) is 5.69 Å². The van der Waals surface area contributed by atoms with Crippen molar-refractivity contribution in [1.29, 1.82) is 0 Å². The predicted molar refractivity (Wildman–Crippen MR) is 84.1 cm³/mol. The van der Waals surface area contributed by atoms with Gasteiger partial charge in [0, 0.05) is 23.5 Å². The lowest BCUT2D eigenvalue weighted by Gasteiger charge is -2.12. The van der Waals surface area contributed by atoms with Gasteiger partial charge in [0.2, 0.25) is 5.88 Å². The Hall–Kier alpha value is -2.30. The maximum atomic E-state index is 11.9. The zero-order valence-corrected chi connectivity index (χ0v) is 13.1. The van der Waals surface area contributed by atoms with Gasteiger partial charge in [-0.2, -0.15) is 0 Å². The van der Waals surface area contributed by atoms with Gasteiger partial charge in [-0.1, -0.05) is 0 Å². The summed E-state index contributed by atoms with van der Waals surface area (Å²) in [6, 6.07) is 3.89. The minimum atomic E-state index is -0.117. The molecule has 0 bridgehead atoms. The van der Waals surface area contributed by atoms with Crippen molar-refractivity contribution in [1.82, 2.24) is 9.97 Å². The van der Waals surface area contributed by atoms with Crippen molar-refractivity contribution in [3.8, 4) is 5.88 Å². The van der Waals surface area contributed by atoms with Gasteiger partial charge in [-0.25, -0.2) is 4.98 Å². The maximum Gasteiger partial charge on any atom is 0.271 e. The molecule has 0 amide bonds. The molecule has 0 spiro atoms. The first-order valence-corrected chi connectivity index (χ1v) is 6.88. The second kappa shape index (κ2) is 5.99. The van der Waals surface area contributed by atoms with Crippen LogP contribution in [0, 0.1) is 27.7 Å². The largest absolute Gasteiger partial charge is 0.481 e. The third-order valence-electron chi connectivity index (χ3n) is 3.67. The van der Waals surface area contributed by atoms with E-state index in [0.29, 0.717) is 18.1 Å². The van der Waals surface area contributed by atoms with Crippen LogP contribution in [0.15, 0.2) is 16.9 Å². The van der Waals surface area contributed by atoms with E-state index in [0.717, 1.165) is 28.1 Å². The van der Waals surface area contributed by atoms with E-state index < -0.39 is 0 Å². The van der Waals surface area contributed by atoms with Crippen LogP contribution in [0.25, 0.3) is 0 Å². The molecular formula is C16H21N3O2. The Labute approximate surface area is 124 Å². The third-order valence-corrected chi connectivity index (χ3v) is 3.67. The molecule has 2 heterocycles. The Morgan fingerprint density at radius 3 is 2.57 bits per heavy atom. The number of anilines is 1. The number of aromatic amines is 1. The molecule has 0 aliphatic heterocycles. The van der Waals surface area contributed by atoms with Crippen molar-refractivity contribution in [3.05, 3.63) is 50.6 Å². The van der Waals surface area contributed by atoms with Crippen molar-refractivity contribution in [2.45, 2.75) is 34.2 Å². The van der Waals surface area contributed by atoms with Crippen LogP contribution < -0.4 is 15.6 Å². The summed E-state index contributed by atoms with van der Waals surface area (Å²) in [5.41, 5.74) is 5.34. The summed E-state index contributed by atoms with van der Waals surface area (Å²) in [6.45, 7) is 8.30. The molecule has 0 aliphatic carbocycles. The first kappa shape index (κ1) is 15.1. The zero-order chi connectivity index (χ0) is 15.6. The first-order valence-electron chi connectivity index (χ1n) is 6.88. The SMILES string of the molecule is COc1nc(C)c(C)cc1CNc1cc(C)c(C)[nH]c1=O. The molecule has 0 aromatic carbocycles. The molecule has 5 heteroatoms. The second-order valence-electron chi connectivity index (χ2n) is 5.23. The number of aryl methyl sites for hydroxylation is 4. The molecular weight excluding hydrogens is 266 g/mol. The van der Waals surface area contributed by atoms with E-state index in [-0.39, 0.29) is 5.56 Å². The number of rotatable bonds is 4. The molecule has 0 unspecified atom stereocenters.